The van der Waals surface area contributed by atoms with Crippen LogP contribution in [0, 0.1) is 18.8 Å². The first-order valence-electron chi connectivity index (χ1n) is 6.90. The third kappa shape index (κ3) is 2.89. The summed E-state index contributed by atoms with van der Waals surface area (Å²) in [7, 11) is 0. The minimum Gasteiger partial charge on any atom is -0.340 e. The van der Waals surface area contributed by atoms with Crippen molar-refractivity contribution >= 4 is 5.95 Å². The number of aryl methyl sites for hydroxylation is 1. The Morgan fingerprint density at radius 2 is 2.33 bits per heavy atom. The standard InChI is InChI=1S/C15H23N3/c1-4-6-13(7-5-2)14-10-18(11-14)15-16-9-8-12(3)17-15/h4,8-9,13-14H,1,5-7,10-11H2,2-3H3. The van der Waals surface area contributed by atoms with Gasteiger partial charge in [-0.3, -0.25) is 0 Å². The average molecular weight is 245 g/mol. The van der Waals surface area contributed by atoms with Gasteiger partial charge < -0.3 is 4.90 Å². The molecule has 1 unspecified atom stereocenters. The van der Waals surface area contributed by atoms with Crippen LogP contribution >= 0.6 is 0 Å². The van der Waals surface area contributed by atoms with Crippen molar-refractivity contribution in [3.05, 3.63) is 30.6 Å². The molecule has 2 heterocycles. The van der Waals surface area contributed by atoms with Crippen LogP contribution in [0.1, 0.15) is 31.9 Å². The van der Waals surface area contributed by atoms with Crippen LogP contribution in [0.4, 0.5) is 5.95 Å². The van der Waals surface area contributed by atoms with Crippen molar-refractivity contribution in [2.45, 2.75) is 33.1 Å². The fraction of sp³-hybridized carbons (Fsp3) is 0.600. The molecule has 0 aliphatic carbocycles. The molecule has 98 valence electrons. The molecule has 0 radical (unpaired) electrons. The van der Waals surface area contributed by atoms with Crippen LogP contribution in [0.5, 0.6) is 0 Å². The van der Waals surface area contributed by atoms with Gasteiger partial charge in [0.25, 0.3) is 0 Å². The third-order valence-corrected chi connectivity index (χ3v) is 3.77. The Morgan fingerprint density at radius 3 is 2.94 bits per heavy atom. The van der Waals surface area contributed by atoms with E-state index in [9.17, 15) is 0 Å². The quantitative estimate of drug-likeness (QED) is 0.721. The molecular formula is C15H23N3. The Labute approximate surface area is 110 Å². The number of rotatable bonds is 6. The summed E-state index contributed by atoms with van der Waals surface area (Å²) in [6, 6.07) is 1.94. The summed E-state index contributed by atoms with van der Waals surface area (Å²) >= 11 is 0. The minimum absolute atomic E-state index is 0.784. The van der Waals surface area contributed by atoms with Crippen molar-refractivity contribution in [3.8, 4) is 0 Å². The number of aromatic nitrogens is 2. The average Bonchev–Trinajstić information content (AvgIpc) is 2.27. The van der Waals surface area contributed by atoms with Gasteiger partial charge >= 0.3 is 0 Å². The van der Waals surface area contributed by atoms with Gasteiger partial charge in [-0.15, -0.1) is 6.58 Å². The number of allylic oxidation sites excluding steroid dienone is 1. The van der Waals surface area contributed by atoms with Gasteiger partial charge in [0.05, 0.1) is 0 Å². The van der Waals surface area contributed by atoms with Crippen LogP contribution in [0.3, 0.4) is 0 Å². The Bertz CT molecular complexity index is 396. The molecule has 1 aliphatic rings. The highest BCUT2D eigenvalue weighted by atomic mass is 15.3. The fourth-order valence-electron chi connectivity index (χ4n) is 2.69. The Hall–Kier alpha value is -1.38. The van der Waals surface area contributed by atoms with E-state index < -0.39 is 0 Å². The summed E-state index contributed by atoms with van der Waals surface area (Å²) in [6.45, 7) is 10.3. The topological polar surface area (TPSA) is 29.0 Å². The Balaban J connectivity index is 1.90. The van der Waals surface area contributed by atoms with Gasteiger partial charge in [0.1, 0.15) is 0 Å². The molecule has 1 saturated heterocycles. The van der Waals surface area contributed by atoms with E-state index in [-0.39, 0.29) is 0 Å². The highest BCUT2D eigenvalue weighted by Gasteiger charge is 2.33. The molecule has 3 nitrogen and oxygen atoms in total. The van der Waals surface area contributed by atoms with Crippen LogP contribution in [-0.4, -0.2) is 23.1 Å². The molecule has 2 rings (SSSR count). The first kappa shape index (κ1) is 13.1. The van der Waals surface area contributed by atoms with E-state index >= 15 is 0 Å². The Morgan fingerprint density at radius 1 is 1.56 bits per heavy atom. The zero-order valence-corrected chi connectivity index (χ0v) is 11.5. The second kappa shape index (κ2) is 5.98. The fourth-order valence-corrected chi connectivity index (χ4v) is 2.69. The van der Waals surface area contributed by atoms with Crippen LogP contribution in [0.25, 0.3) is 0 Å². The van der Waals surface area contributed by atoms with Crippen molar-refractivity contribution in [1.29, 1.82) is 0 Å². The maximum Gasteiger partial charge on any atom is 0.225 e. The largest absolute Gasteiger partial charge is 0.340 e. The first-order chi connectivity index (χ1) is 8.74. The molecular weight excluding hydrogens is 222 g/mol. The number of hydrogen-bond acceptors (Lipinski definition) is 3. The molecule has 0 amide bonds. The number of nitrogens with zero attached hydrogens (tertiary/aromatic N) is 3. The monoisotopic (exact) mass is 245 g/mol. The van der Waals surface area contributed by atoms with Gasteiger partial charge in [-0.1, -0.05) is 25.8 Å². The van der Waals surface area contributed by atoms with E-state index in [1.807, 2.05) is 19.2 Å². The molecule has 0 saturated carbocycles. The van der Waals surface area contributed by atoms with Gasteiger partial charge in [-0.2, -0.15) is 0 Å². The van der Waals surface area contributed by atoms with Crippen LogP contribution in [0.15, 0.2) is 24.9 Å². The molecule has 0 spiro atoms. The van der Waals surface area contributed by atoms with Crippen LogP contribution < -0.4 is 4.90 Å². The van der Waals surface area contributed by atoms with E-state index in [0.29, 0.717) is 0 Å². The van der Waals surface area contributed by atoms with Crippen molar-refractivity contribution in [1.82, 2.24) is 9.97 Å². The second-order valence-electron chi connectivity index (χ2n) is 5.24. The molecule has 1 atom stereocenters. The van der Waals surface area contributed by atoms with Gasteiger partial charge in [0, 0.05) is 25.0 Å². The lowest BCUT2D eigenvalue weighted by atomic mass is 9.81. The van der Waals surface area contributed by atoms with Crippen molar-refractivity contribution in [3.63, 3.8) is 0 Å². The lowest BCUT2D eigenvalue weighted by Gasteiger charge is -2.43. The molecule has 0 N–H and O–H groups in total. The molecule has 0 aromatic carbocycles. The summed E-state index contributed by atoms with van der Waals surface area (Å²) in [4.78, 5) is 11.1. The van der Waals surface area contributed by atoms with E-state index in [2.05, 4.69) is 34.4 Å². The lowest BCUT2D eigenvalue weighted by molar-refractivity contribution is 0.255. The summed E-state index contributed by atoms with van der Waals surface area (Å²) in [5.74, 6) is 2.46. The first-order valence-corrected chi connectivity index (χ1v) is 6.90. The van der Waals surface area contributed by atoms with Crippen LogP contribution in [-0.2, 0) is 0 Å². The van der Waals surface area contributed by atoms with Gasteiger partial charge in [0.2, 0.25) is 5.95 Å². The second-order valence-corrected chi connectivity index (χ2v) is 5.24. The van der Waals surface area contributed by atoms with E-state index in [0.717, 1.165) is 43.0 Å². The zero-order chi connectivity index (χ0) is 13.0. The summed E-state index contributed by atoms with van der Waals surface area (Å²) in [5.41, 5.74) is 1.04. The lowest BCUT2D eigenvalue weighted by Crippen LogP contribution is -2.50. The summed E-state index contributed by atoms with van der Waals surface area (Å²) < 4.78 is 0. The molecule has 1 aromatic heterocycles. The zero-order valence-electron chi connectivity index (χ0n) is 11.5. The predicted molar refractivity (Wildman–Crippen MR) is 75.7 cm³/mol. The molecule has 1 fully saturated rings. The smallest absolute Gasteiger partial charge is 0.225 e. The molecule has 1 aliphatic heterocycles. The van der Waals surface area contributed by atoms with Crippen molar-refractivity contribution in [2.75, 3.05) is 18.0 Å². The number of hydrogen-bond donors (Lipinski definition) is 0. The van der Waals surface area contributed by atoms with Gasteiger partial charge in [-0.05, 0) is 31.2 Å². The van der Waals surface area contributed by atoms with Crippen molar-refractivity contribution in [2.24, 2.45) is 11.8 Å². The van der Waals surface area contributed by atoms with E-state index in [4.69, 9.17) is 0 Å². The summed E-state index contributed by atoms with van der Waals surface area (Å²) in [5, 5.41) is 0. The molecule has 1 aromatic rings. The highest BCUT2D eigenvalue weighted by molar-refractivity contribution is 5.34. The summed E-state index contributed by atoms with van der Waals surface area (Å²) in [6.07, 6.45) is 7.61. The minimum atomic E-state index is 0.784. The van der Waals surface area contributed by atoms with E-state index in [1.54, 1.807) is 0 Å². The normalized spacial score (nSPS) is 17.3. The third-order valence-electron chi connectivity index (χ3n) is 3.77. The maximum absolute atomic E-state index is 4.48. The highest BCUT2D eigenvalue weighted by Crippen LogP contribution is 2.31. The Kier molecular flexibility index (Phi) is 4.34. The molecule has 3 heteroatoms. The number of anilines is 1. The maximum atomic E-state index is 4.48. The molecule has 18 heavy (non-hydrogen) atoms. The predicted octanol–water partition coefficient (Wildman–Crippen LogP) is 3.21. The molecule has 0 bridgehead atoms. The SMILES string of the molecule is C=CCC(CCC)C1CN(c2nccc(C)n2)C1. The van der Waals surface area contributed by atoms with Gasteiger partial charge in [0.15, 0.2) is 0 Å². The van der Waals surface area contributed by atoms with Crippen LogP contribution in [0.2, 0.25) is 0 Å². The van der Waals surface area contributed by atoms with E-state index in [1.165, 1.54) is 12.8 Å². The van der Waals surface area contributed by atoms with Gasteiger partial charge in [-0.25, -0.2) is 9.97 Å². The van der Waals surface area contributed by atoms with Crippen molar-refractivity contribution < 1.29 is 0 Å².